The minimum absolute atomic E-state index is 0.0426. The molecular formula is C47H64INO15S. The lowest BCUT2D eigenvalue weighted by molar-refractivity contribution is -0.273. The molecule has 1 aromatic carbocycles. The number of aldehydes is 1. The SMILES string of the molecule is C=C1C[C@H](CCC=O)O[C@H]1CC[C@H]1C[C@@H](C)C(=C)[C@@H](C[C@@H]2O[C@H](C[C@H]3CNC(=O)O3)[C@H](OC)[C@H]2C(C(=O)C[C@H]2CCC3O[C@@H]([C@@H](O)/C=C/I)[C@@H](O)[C@@H](O)[C@H]3O2)S(=O)(=O)c2ccccc2)O1. The maximum Gasteiger partial charge on any atom is 0.407 e. The highest BCUT2D eigenvalue weighted by Gasteiger charge is 2.57. The molecule has 0 bridgehead atoms. The number of hydrogen-bond donors (Lipinski definition) is 4. The number of cyclic esters (lactones) is 1. The second-order valence-corrected chi connectivity index (χ2v) is 21.2. The summed E-state index contributed by atoms with van der Waals surface area (Å²) in [6.45, 7) is 11.0. The van der Waals surface area contributed by atoms with Crippen LogP contribution in [-0.2, 0) is 52.6 Å². The Morgan fingerprint density at radius 2 is 1.71 bits per heavy atom. The lowest BCUT2D eigenvalue weighted by Gasteiger charge is -2.47. The Kier molecular flexibility index (Phi) is 17.2. The third kappa shape index (κ3) is 11.5. The third-order valence-electron chi connectivity index (χ3n) is 14.1. The summed E-state index contributed by atoms with van der Waals surface area (Å²) in [5.74, 6) is -1.67. The van der Waals surface area contributed by atoms with Crippen LogP contribution < -0.4 is 5.32 Å². The molecule has 1 aromatic rings. The number of alkyl carbamates (subject to hydrolysis) is 1. The molecule has 0 aromatic heterocycles. The van der Waals surface area contributed by atoms with Gasteiger partial charge in [-0.1, -0.05) is 60.9 Å². The molecule has 4 N–H and O–H groups in total. The van der Waals surface area contributed by atoms with Gasteiger partial charge in [-0.05, 0) is 84.3 Å². The van der Waals surface area contributed by atoms with E-state index in [4.69, 9.17) is 33.2 Å². The maximum atomic E-state index is 15.1. The Labute approximate surface area is 394 Å². The van der Waals surface area contributed by atoms with Gasteiger partial charge in [-0.2, -0.15) is 0 Å². The van der Waals surface area contributed by atoms with Gasteiger partial charge in [0.2, 0.25) is 0 Å². The van der Waals surface area contributed by atoms with Crippen molar-refractivity contribution in [3.05, 3.63) is 64.8 Å². The number of benzene rings is 1. The number of ether oxygens (including phenoxy) is 7. The van der Waals surface area contributed by atoms with Gasteiger partial charge in [-0.3, -0.25) is 4.79 Å². The standard InChI is InChI=1S/C47H64INO15S/c1-25-19-29(12-14-35-26(2)20-28(59-35)9-8-18-50)60-37(27(25)3)23-38-40(44(58-4)39(63-38)22-31-24-49-47(55)62-31)46(65(56,57)32-10-6-5-7-11-32)34(52)21-30-13-15-36-45(61-30)42(54)41(53)43(64-36)33(51)16-17-48/h5-7,10-11,16-18,25,28-31,33,35-46,51,53-54H,2-3,8-9,12-15,19-24H2,1,4H3,(H,49,55)/b17-16+/t25-,28+,29+,30-,31+,33+,35+,36?,37-,38+,39-,40+,41+,42-,43+,44+,45+,46?/m1/s1. The molecular weight excluding hydrogens is 977 g/mol. The van der Waals surface area contributed by atoms with E-state index in [1.165, 1.54) is 25.3 Å². The molecule has 0 aliphatic carbocycles. The van der Waals surface area contributed by atoms with Crippen molar-refractivity contribution in [3.63, 3.8) is 0 Å². The molecule has 2 unspecified atom stereocenters. The number of methoxy groups -OCH3 is 1. The number of amides is 1. The number of aliphatic hydroxyl groups is 3. The minimum Gasteiger partial charge on any atom is -0.444 e. The summed E-state index contributed by atoms with van der Waals surface area (Å²) in [7, 11) is -3.01. The van der Waals surface area contributed by atoms with E-state index in [0.29, 0.717) is 44.9 Å². The van der Waals surface area contributed by atoms with E-state index in [0.717, 1.165) is 17.4 Å². The predicted molar refractivity (Wildman–Crippen MR) is 244 cm³/mol. The summed E-state index contributed by atoms with van der Waals surface area (Å²) in [5.41, 5.74) is 1.82. The van der Waals surface area contributed by atoms with Gasteiger partial charge >= 0.3 is 6.09 Å². The zero-order valence-corrected chi connectivity index (χ0v) is 39.9. The summed E-state index contributed by atoms with van der Waals surface area (Å²) in [6, 6.07) is 7.77. The van der Waals surface area contributed by atoms with Gasteiger partial charge in [0.25, 0.3) is 0 Å². The van der Waals surface area contributed by atoms with Crippen molar-refractivity contribution in [1.82, 2.24) is 5.32 Å². The average molecular weight is 1040 g/mol. The number of nitrogens with one attached hydrogen (secondary N) is 1. The molecule has 6 aliphatic heterocycles. The number of ketones is 1. The summed E-state index contributed by atoms with van der Waals surface area (Å²) in [5, 5.41) is 33.7. The Hall–Kier alpha value is -2.63. The lowest BCUT2D eigenvalue weighted by Crippen LogP contribution is -2.63. The van der Waals surface area contributed by atoms with E-state index in [9.17, 15) is 24.9 Å². The van der Waals surface area contributed by atoms with Gasteiger partial charge in [0.05, 0.1) is 66.4 Å². The van der Waals surface area contributed by atoms with Gasteiger partial charge in [0, 0.05) is 38.7 Å². The maximum absolute atomic E-state index is 15.1. The van der Waals surface area contributed by atoms with Crippen molar-refractivity contribution in [2.24, 2.45) is 11.8 Å². The highest BCUT2D eigenvalue weighted by molar-refractivity contribution is 14.1. The van der Waals surface area contributed by atoms with Crippen LogP contribution >= 0.6 is 22.6 Å². The monoisotopic (exact) mass is 1040 g/mol. The first kappa shape index (κ1) is 50.3. The number of carbonyl (C=O) groups is 3. The molecule has 0 spiro atoms. The fourth-order valence-electron chi connectivity index (χ4n) is 10.7. The van der Waals surface area contributed by atoms with Crippen LogP contribution in [0.25, 0.3) is 0 Å². The van der Waals surface area contributed by atoms with E-state index in [2.05, 4.69) is 25.4 Å². The van der Waals surface area contributed by atoms with Crippen LogP contribution in [0.4, 0.5) is 4.79 Å². The van der Waals surface area contributed by atoms with Crippen molar-refractivity contribution in [3.8, 4) is 0 Å². The van der Waals surface area contributed by atoms with Crippen molar-refractivity contribution in [2.45, 2.75) is 179 Å². The zero-order chi connectivity index (χ0) is 46.6. The Bertz CT molecular complexity index is 1990. The number of halogens is 1. The summed E-state index contributed by atoms with van der Waals surface area (Å²) < 4.78 is 75.6. The highest BCUT2D eigenvalue weighted by atomic mass is 127. The molecule has 16 nitrogen and oxygen atoms in total. The van der Waals surface area contributed by atoms with Crippen LogP contribution in [-0.4, -0.2) is 152 Å². The molecule has 0 radical (unpaired) electrons. The third-order valence-corrected chi connectivity index (χ3v) is 16.7. The Morgan fingerprint density at radius 1 is 0.954 bits per heavy atom. The molecule has 7 rings (SSSR count). The molecule has 6 saturated heterocycles. The van der Waals surface area contributed by atoms with Gasteiger partial charge < -0.3 is 58.6 Å². The van der Waals surface area contributed by atoms with Gasteiger partial charge in [-0.15, -0.1) is 0 Å². The molecule has 6 aliphatic rings. The van der Waals surface area contributed by atoms with Gasteiger partial charge in [0.15, 0.2) is 15.6 Å². The highest BCUT2D eigenvalue weighted by Crippen LogP contribution is 2.45. The number of rotatable bonds is 19. The average Bonchev–Trinajstić information content (AvgIpc) is 3.97. The zero-order valence-electron chi connectivity index (χ0n) is 36.9. The molecule has 6 fully saturated rings. The number of Topliss-reactive ketones (excluding diaryl/α,β-unsaturated/α-hetero) is 1. The molecule has 360 valence electrons. The predicted octanol–water partition coefficient (Wildman–Crippen LogP) is 4.24. The van der Waals surface area contributed by atoms with Crippen LogP contribution in [0.3, 0.4) is 0 Å². The number of carbonyl (C=O) groups excluding carboxylic acids is 3. The first-order chi connectivity index (χ1) is 31.1. The van der Waals surface area contributed by atoms with Crippen LogP contribution in [0, 0.1) is 11.8 Å². The molecule has 18 atom stereocenters. The normalized spacial score (nSPS) is 38.6. The van der Waals surface area contributed by atoms with Crippen molar-refractivity contribution >= 4 is 50.6 Å². The van der Waals surface area contributed by atoms with Crippen molar-refractivity contribution in [2.75, 3.05) is 13.7 Å². The number of hydrogen-bond acceptors (Lipinski definition) is 15. The number of sulfone groups is 1. The van der Waals surface area contributed by atoms with E-state index in [-0.39, 0.29) is 61.4 Å². The molecule has 65 heavy (non-hydrogen) atoms. The van der Waals surface area contributed by atoms with E-state index < -0.39 is 106 Å². The van der Waals surface area contributed by atoms with E-state index >= 15 is 13.2 Å². The largest absolute Gasteiger partial charge is 0.444 e. The molecule has 6 heterocycles. The van der Waals surface area contributed by atoms with E-state index in [1.807, 2.05) is 22.6 Å². The number of fused-ring (bicyclic) bond motifs is 1. The first-order valence-corrected chi connectivity index (χ1v) is 25.6. The first-order valence-electron chi connectivity index (χ1n) is 22.8. The van der Waals surface area contributed by atoms with E-state index in [1.54, 1.807) is 22.3 Å². The van der Waals surface area contributed by atoms with Gasteiger partial charge in [-0.25, -0.2) is 13.2 Å². The summed E-state index contributed by atoms with van der Waals surface area (Å²) >= 11 is 1.94. The topological polar surface area (TPSA) is 223 Å². The molecule has 0 saturated carbocycles. The Morgan fingerprint density at radius 3 is 2.40 bits per heavy atom. The van der Waals surface area contributed by atoms with Crippen LogP contribution in [0.15, 0.2) is 69.7 Å². The second-order valence-electron chi connectivity index (χ2n) is 18.4. The summed E-state index contributed by atoms with van der Waals surface area (Å²) in [4.78, 5) is 38.1. The summed E-state index contributed by atoms with van der Waals surface area (Å²) in [6.07, 6.45) is -5.85. The van der Waals surface area contributed by atoms with Gasteiger partial charge in [0.1, 0.15) is 48.2 Å². The molecule has 18 heteroatoms. The fraction of sp³-hybridized carbons (Fsp3) is 0.681. The second kappa shape index (κ2) is 22.2. The lowest BCUT2D eigenvalue weighted by atomic mass is 9.81. The minimum atomic E-state index is -4.46. The van der Waals surface area contributed by atoms with Crippen molar-refractivity contribution < 1.29 is 71.3 Å². The molecule has 1 amide bonds. The Balaban J connectivity index is 1.15. The van der Waals surface area contributed by atoms with Crippen molar-refractivity contribution in [1.29, 1.82) is 0 Å². The van der Waals surface area contributed by atoms with Crippen LogP contribution in [0.2, 0.25) is 0 Å². The number of aliphatic hydroxyl groups excluding tert-OH is 3. The quantitative estimate of drug-likeness (QED) is 0.0865. The van der Waals surface area contributed by atoms with Crippen LogP contribution in [0.1, 0.15) is 77.6 Å². The smallest absolute Gasteiger partial charge is 0.407 e. The van der Waals surface area contributed by atoms with Crippen LogP contribution in [0.5, 0.6) is 0 Å². The fourth-order valence-corrected chi connectivity index (χ4v) is 13.2.